The zero-order valence-corrected chi connectivity index (χ0v) is 12.4. The molecule has 2 aromatic rings. The highest BCUT2D eigenvalue weighted by molar-refractivity contribution is 7.14. The molecule has 5 nitrogen and oxygen atoms in total. The number of aromatic nitrogens is 3. The van der Waals surface area contributed by atoms with E-state index in [2.05, 4.69) is 10.1 Å². The monoisotopic (exact) mass is 279 g/mol. The van der Waals surface area contributed by atoms with E-state index in [9.17, 15) is 4.79 Å². The second-order valence-corrected chi connectivity index (χ2v) is 5.46. The standard InChI is InChI=1S/C13H17N3O2S/c1-5-6-16-11(10(18-4)7-14-16)12(17)13-8(2)15-9(3)19-13/h7H,5-6H2,1-4H3. The van der Waals surface area contributed by atoms with Crippen LogP contribution >= 0.6 is 11.3 Å². The number of hydrogen-bond donors (Lipinski definition) is 0. The Hall–Kier alpha value is -1.69. The predicted octanol–water partition coefficient (Wildman–Crippen LogP) is 2.61. The summed E-state index contributed by atoms with van der Waals surface area (Å²) in [6.45, 7) is 6.49. The highest BCUT2D eigenvalue weighted by atomic mass is 32.1. The highest BCUT2D eigenvalue weighted by Crippen LogP contribution is 2.26. The first-order valence-electron chi connectivity index (χ1n) is 6.17. The molecule has 0 fully saturated rings. The molecular weight excluding hydrogens is 262 g/mol. The quantitative estimate of drug-likeness (QED) is 0.789. The first-order chi connectivity index (χ1) is 9.08. The van der Waals surface area contributed by atoms with Crippen molar-refractivity contribution in [2.24, 2.45) is 0 Å². The summed E-state index contributed by atoms with van der Waals surface area (Å²) in [5.74, 6) is 0.454. The number of nitrogens with zero attached hydrogens (tertiary/aromatic N) is 3. The molecule has 2 heterocycles. The van der Waals surface area contributed by atoms with E-state index in [1.807, 2.05) is 20.8 Å². The van der Waals surface area contributed by atoms with Gasteiger partial charge in [0.2, 0.25) is 5.78 Å². The fourth-order valence-corrected chi connectivity index (χ4v) is 2.84. The van der Waals surface area contributed by atoms with Gasteiger partial charge in [0.1, 0.15) is 0 Å². The van der Waals surface area contributed by atoms with Gasteiger partial charge in [-0.05, 0) is 20.3 Å². The van der Waals surface area contributed by atoms with E-state index in [-0.39, 0.29) is 5.78 Å². The number of thiazole rings is 1. The van der Waals surface area contributed by atoms with Crippen molar-refractivity contribution in [1.29, 1.82) is 0 Å². The SMILES string of the molecule is CCCn1ncc(OC)c1C(=O)c1sc(C)nc1C. The van der Waals surface area contributed by atoms with Gasteiger partial charge in [-0.2, -0.15) is 5.10 Å². The molecule has 0 amide bonds. The number of aryl methyl sites for hydroxylation is 3. The third-order valence-electron chi connectivity index (χ3n) is 2.79. The lowest BCUT2D eigenvalue weighted by Crippen LogP contribution is -2.12. The number of rotatable bonds is 5. The maximum Gasteiger partial charge on any atom is 0.226 e. The Morgan fingerprint density at radius 2 is 2.21 bits per heavy atom. The number of carbonyl (C=O) groups excluding carboxylic acids is 1. The lowest BCUT2D eigenvalue weighted by atomic mass is 10.2. The van der Waals surface area contributed by atoms with Crippen molar-refractivity contribution in [2.75, 3.05) is 7.11 Å². The summed E-state index contributed by atoms with van der Waals surface area (Å²) >= 11 is 1.41. The van der Waals surface area contributed by atoms with E-state index >= 15 is 0 Å². The summed E-state index contributed by atoms with van der Waals surface area (Å²) in [7, 11) is 1.55. The zero-order valence-electron chi connectivity index (χ0n) is 11.6. The zero-order chi connectivity index (χ0) is 14.0. The fraction of sp³-hybridized carbons (Fsp3) is 0.462. The van der Waals surface area contributed by atoms with Gasteiger partial charge < -0.3 is 4.74 Å². The summed E-state index contributed by atoms with van der Waals surface area (Å²) < 4.78 is 6.95. The van der Waals surface area contributed by atoms with E-state index in [0.717, 1.165) is 17.1 Å². The maximum atomic E-state index is 12.6. The number of methoxy groups -OCH3 is 1. The van der Waals surface area contributed by atoms with Crippen molar-refractivity contribution in [3.05, 3.63) is 27.5 Å². The summed E-state index contributed by atoms with van der Waals surface area (Å²) in [6.07, 6.45) is 2.50. The minimum absolute atomic E-state index is 0.0640. The van der Waals surface area contributed by atoms with Crippen molar-refractivity contribution < 1.29 is 9.53 Å². The second-order valence-electron chi connectivity index (χ2n) is 4.26. The van der Waals surface area contributed by atoms with Crippen LogP contribution in [0.15, 0.2) is 6.20 Å². The number of carbonyl (C=O) groups is 1. The van der Waals surface area contributed by atoms with E-state index in [1.54, 1.807) is 18.0 Å². The summed E-state index contributed by atoms with van der Waals surface area (Å²) in [4.78, 5) is 17.6. The van der Waals surface area contributed by atoms with Crippen LogP contribution in [0, 0.1) is 13.8 Å². The normalized spacial score (nSPS) is 10.7. The molecule has 6 heteroatoms. The Morgan fingerprint density at radius 1 is 1.47 bits per heavy atom. The van der Waals surface area contributed by atoms with Crippen molar-refractivity contribution >= 4 is 17.1 Å². The molecule has 0 N–H and O–H groups in total. The van der Waals surface area contributed by atoms with Gasteiger partial charge in [0.25, 0.3) is 0 Å². The summed E-state index contributed by atoms with van der Waals surface area (Å²) in [6, 6.07) is 0. The number of hydrogen-bond acceptors (Lipinski definition) is 5. The van der Waals surface area contributed by atoms with Gasteiger partial charge in [-0.15, -0.1) is 11.3 Å². The van der Waals surface area contributed by atoms with E-state index < -0.39 is 0 Å². The molecule has 0 bridgehead atoms. The van der Waals surface area contributed by atoms with Crippen molar-refractivity contribution in [3.8, 4) is 5.75 Å². The highest BCUT2D eigenvalue weighted by Gasteiger charge is 2.24. The van der Waals surface area contributed by atoms with Crippen molar-refractivity contribution in [1.82, 2.24) is 14.8 Å². The minimum atomic E-state index is -0.0640. The molecule has 0 unspecified atom stereocenters. The molecule has 2 rings (SSSR count). The van der Waals surface area contributed by atoms with Crippen LogP contribution < -0.4 is 4.74 Å². The summed E-state index contributed by atoms with van der Waals surface area (Å²) in [5, 5.41) is 5.10. The lowest BCUT2D eigenvalue weighted by molar-refractivity contribution is 0.102. The molecule has 0 spiro atoms. The molecule has 19 heavy (non-hydrogen) atoms. The van der Waals surface area contributed by atoms with Gasteiger partial charge in [0.15, 0.2) is 11.4 Å². The Kier molecular flexibility index (Phi) is 3.99. The Labute approximate surface area is 116 Å². The van der Waals surface area contributed by atoms with Crippen LogP contribution in [-0.2, 0) is 6.54 Å². The maximum absolute atomic E-state index is 12.6. The molecule has 0 aromatic carbocycles. The third kappa shape index (κ3) is 2.53. The third-order valence-corrected chi connectivity index (χ3v) is 3.86. The fourth-order valence-electron chi connectivity index (χ4n) is 1.98. The van der Waals surface area contributed by atoms with Gasteiger partial charge in [0, 0.05) is 6.54 Å². The van der Waals surface area contributed by atoms with Crippen LogP contribution in [-0.4, -0.2) is 27.7 Å². The van der Waals surface area contributed by atoms with E-state index in [1.165, 1.54) is 11.3 Å². The van der Waals surface area contributed by atoms with Crippen LogP contribution in [0.5, 0.6) is 5.75 Å². The molecule has 0 aliphatic carbocycles. The topological polar surface area (TPSA) is 57.0 Å². The molecule has 0 atom stereocenters. The number of ether oxygens (including phenoxy) is 1. The van der Waals surface area contributed by atoms with Gasteiger partial charge in [-0.1, -0.05) is 6.92 Å². The smallest absolute Gasteiger partial charge is 0.226 e. The van der Waals surface area contributed by atoms with E-state index in [4.69, 9.17) is 4.74 Å². The van der Waals surface area contributed by atoms with E-state index in [0.29, 0.717) is 22.9 Å². The van der Waals surface area contributed by atoms with Crippen LogP contribution in [0.2, 0.25) is 0 Å². The van der Waals surface area contributed by atoms with Crippen molar-refractivity contribution in [3.63, 3.8) is 0 Å². The Balaban J connectivity index is 2.48. The molecule has 0 saturated heterocycles. The first kappa shape index (κ1) is 13.7. The van der Waals surface area contributed by atoms with Crippen LogP contribution in [0.3, 0.4) is 0 Å². The van der Waals surface area contributed by atoms with Crippen LogP contribution in [0.25, 0.3) is 0 Å². The molecule has 102 valence electrons. The van der Waals surface area contributed by atoms with Gasteiger partial charge >= 0.3 is 0 Å². The Bertz CT molecular complexity index is 601. The Morgan fingerprint density at radius 3 is 2.74 bits per heavy atom. The average molecular weight is 279 g/mol. The number of ketones is 1. The molecule has 2 aromatic heterocycles. The minimum Gasteiger partial charge on any atom is -0.493 e. The van der Waals surface area contributed by atoms with Crippen LogP contribution in [0.4, 0.5) is 0 Å². The molecule has 0 radical (unpaired) electrons. The molecule has 0 aliphatic rings. The van der Waals surface area contributed by atoms with Crippen molar-refractivity contribution in [2.45, 2.75) is 33.7 Å². The second kappa shape index (κ2) is 5.52. The van der Waals surface area contributed by atoms with Gasteiger partial charge in [-0.3, -0.25) is 9.48 Å². The summed E-state index contributed by atoms with van der Waals surface area (Å²) in [5.41, 5.74) is 1.27. The van der Waals surface area contributed by atoms with Crippen LogP contribution in [0.1, 0.15) is 39.4 Å². The van der Waals surface area contributed by atoms with Gasteiger partial charge in [-0.25, -0.2) is 4.98 Å². The molecule has 0 saturated carbocycles. The lowest BCUT2D eigenvalue weighted by Gasteiger charge is -2.06. The first-order valence-corrected chi connectivity index (χ1v) is 6.98. The largest absolute Gasteiger partial charge is 0.493 e. The molecular formula is C13H17N3O2S. The predicted molar refractivity (Wildman–Crippen MR) is 74.1 cm³/mol. The molecule has 0 aliphatic heterocycles. The average Bonchev–Trinajstić information content (AvgIpc) is 2.92. The van der Waals surface area contributed by atoms with Gasteiger partial charge in [0.05, 0.1) is 28.9 Å².